The predicted octanol–water partition coefficient (Wildman–Crippen LogP) is 3.67. The third-order valence-corrected chi connectivity index (χ3v) is 3.39. The summed E-state index contributed by atoms with van der Waals surface area (Å²) >= 11 is 3.32. The maximum absolute atomic E-state index is 12.0. The highest BCUT2D eigenvalue weighted by molar-refractivity contribution is 9.10. The predicted molar refractivity (Wildman–Crippen MR) is 84.7 cm³/mol. The standard InChI is InChI=1S/C16H14BrNO3/c1-21-14-8-2-11(3-9-14)15(19)10-16(20)18-13-6-4-12(17)5-7-13/h2-9H,10H2,1H3,(H,18,20). The number of rotatable bonds is 5. The summed E-state index contributed by atoms with van der Waals surface area (Å²) in [6.45, 7) is 0. The van der Waals surface area contributed by atoms with Gasteiger partial charge in [-0.2, -0.15) is 0 Å². The van der Waals surface area contributed by atoms with Crippen LogP contribution in [-0.2, 0) is 4.79 Å². The van der Waals surface area contributed by atoms with Crippen molar-refractivity contribution in [1.29, 1.82) is 0 Å². The number of anilines is 1. The van der Waals surface area contributed by atoms with Crippen LogP contribution in [0.15, 0.2) is 53.0 Å². The largest absolute Gasteiger partial charge is 0.497 e. The molecule has 0 aromatic heterocycles. The Morgan fingerprint density at radius 3 is 2.24 bits per heavy atom. The van der Waals surface area contributed by atoms with Gasteiger partial charge in [-0.15, -0.1) is 0 Å². The second-order valence-corrected chi connectivity index (χ2v) is 5.30. The van der Waals surface area contributed by atoms with Gasteiger partial charge in [0.25, 0.3) is 0 Å². The lowest BCUT2D eigenvalue weighted by molar-refractivity contribution is -0.115. The smallest absolute Gasteiger partial charge is 0.232 e. The molecule has 0 heterocycles. The average Bonchev–Trinajstić information content (AvgIpc) is 2.49. The van der Waals surface area contributed by atoms with Crippen LogP contribution in [-0.4, -0.2) is 18.8 Å². The Labute approximate surface area is 131 Å². The van der Waals surface area contributed by atoms with Crippen LogP contribution in [0.4, 0.5) is 5.69 Å². The van der Waals surface area contributed by atoms with E-state index in [1.165, 1.54) is 0 Å². The molecule has 0 spiro atoms. The number of carbonyl (C=O) groups excluding carboxylic acids is 2. The molecule has 1 amide bonds. The lowest BCUT2D eigenvalue weighted by atomic mass is 10.1. The van der Waals surface area contributed by atoms with Crippen molar-refractivity contribution in [3.8, 4) is 5.75 Å². The molecule has 2 aromatic carbocycles. The van der Waals surface area contributed by atoms with Gasteiger partial charge in [0.1, 0.15) is 5.75 Å². The molecule has 2 rings (SSSR count). The molecule has 108 valence electrons. The minimum absolute atomic E-state index is 0.192. The average molecular weight is 348 g/mol. The summed E-state index contributed by atoms with van der Waals surface area (Å²) in [5.41, 5.74) is 1.15. The summed E-state index contributed by atoms with van der Waals surface area (Å²) in [6.07, 6.45) is -0.192. The summed E-state index contributed by atoms with van der Waals surface area (Å²) in [7, 11) is 1.56. The Balaban J connectivity index is 1.95. The number of hydrogen-bond donors (Lipinski definition) is 1. The number of ether oxygens (including phenoxy) is 1. The van der Waals surface area contributed by atoms with Crippen molar-refractivity contribution in [1.82, 2.24) is 0 Å². The Morgan fingerprint density at radius 1 is 1.05 bits per heavy atom. The molecule has 0 aliphatic carbocycles. The third kappa shape index (κ3) is 4.43. The zero-order valence-electron chi connectivity index (χ0n) is 11.4. The number of nitrogens with one attached hydrogen (secondary N) is 1. The van der Waals surface area contributed by atoms with Crippen molar-refractivity contribution in [3.63, 3.8) is 0 Å². The van der Waals surface area contributed by atoms with E-state index >= 15 is 0 Å². The molecule has 5 heteroatoms. The first-order valence-corrected chi connectivity index (χ1v) is 7.10. The first kappa shape index (κ1) is 15.3. The highest BCUT2D eigenvalue weighted by Crippen LogP contribution is 2.15. The van der Waals surface area contributed by atoms with E-state index in [2.05, 4.69) is 21.2 Å². The normalized spacial score (nSPS) is 10.0. The van der Waals surface area contributed by atoms with Crippen molar-refractivity contribution in [2.45, 2.75) is 6.42 Å². The van der Waals surface area contributed by atoms with Gasteiger partial charge in [-0.3, -0.25) is 9.59 Å². The fourth-order valence-electron chi connectivity index (χ4n) is 1.76. The monoisotopic (exact) mass is 347 g/mol. The zero-order chi connectivity index (χ0) is 15.2. The molecule has 2 aromatic rings. The maximum Gasteiger partial charge on any atom is 0.232 e. The molecule has 0 atom stereocenters. The van der Waals surface area contributed by atoms with E-state index in [1.54, 1.807) is 43.5 Å². The van der Waals surface area contributed by atoms with Gasteiger partial charge in [0.15, 0.2) is 5.78 Å². The van der Waals surface area contributed by atoms with Gasteiger partial charge in [-0.05, 0) is 48.5 Å². The molecule has 21 heavy (non-hydrogen) atoms. The van der Waals surface area contributed by atoms with Gasteiger partial charge in [-0.1, -0.05) is 15.9 Å². The van der Waals surface area contributed by atoms with E-state index in [9.17, 15) is 9.59 Å². The quantitative estimate of drug-likeness (QED) is 0.663. The van der Waals surface area contributed by atoms with E-state index < -0.39 is 0 Å². The van der Waals surface area contributed by atoms with Crippen LogP contribution < -0.4 is 10.1 Å². The Kier molecular flexibility index (Phi) is 5.11. The maximum atomic E-state index is 12.0. The highest BCUT2D eigenvalue weighted by atomic mass is 79.9. The zero-order valence-corrected chi connectivity index (χ0v) is 13.0. The lowest BCUT2D eigenvalue weighted by Gasteiger charge is -2.05. The number of Topliss-reactive ketones (excluding diaryl/α,β-unsaturated/α-hetero) is 1. The van der Waals surface area contributed by atoms with Gasteiger partial charge >= 0.3 is 0 Å². The minimum Gasteiger partial charge on any atom is -0.497 e. The van der Waals surface area contributed by atoms with Crippen molar-refractivity contribution in [3.05, 3.63) is 58.6 Å². The Bertz CT molecular complexity index is 636. The van der Waals surface area contributed by atoms with E-state index in [0.717, 1.165) is 4.47 Å². The van der Waals surface area contributed by atoms with Crippen LogP contribution in [0.5, 0.6) is 5.75 Å². The van der Waals surface area contributed by atoms with E-state index in [4.69, 9.17) is 4.74 Å². The van der Waals surface area contributed by atoms with Crippen molar-refractivity contribution in [2.75, 3.05) is 12.4 Å². The minimum atomic E-state index is -0.335. The van der Waals surface area contributed by atoms with Gasteiger partial charge in [0.2, 0.25) is 5.91 Å². The van der Waals surface area contributed by atoms with Gasteiger partial charge in [0.05, 0.1) is 13.5 Å². The van der Waals surface area contributed by atoms with Crippen LogP contribution in [0.2, 0.25) is 0 Å². The molecule has 0 saturated carbocycles. The summed E-state index contributed by atoms with van der Waals surface area (Å²) in [5.74, 6) is 0.108. The first-order valence-electron chi connectivity index (χ1n) is 6.31. The fraction of sp³-hybridized carbons (Fsp3) is 0.125. The van der Waals surface area contributed by atoms with Crippen molar-refractivity contribution >= 4 is 33.3 Å². The number of ketones is 1. The van der Waals surface area contributed by atoms with Gasteiger partial charge in [0, 0.05) is 15.7 Å². The second-order valence-electron chi connectivity index (χ2n) is 4.38. The van der Waals surface area contributed by atoms with Gasteiger partial charge in [-0.25, -0.2) is 0 Å². The molecule has 0 radical (unpaired) electrons. The molecule has 0 unspecified atom stereocenters. The number of benzene rings is 2. The number of halogens is 1. The van der Waals surface area contributed by atoms with Crippen LogP contribution in [0.1, 0.15) is 16.8 Å². The number of carbonyl (C=O) groups is 2. The second kappa shape index (κ2) is 7.04. The Morgan fingerprint density at radius 2 is 1.67 bits per heavy atom. The molecular weight excluding hydrogens is 334 g/mol. The molecular formula is C16H14BrNO3. The number of amides is 1. The highest BCUT2D eigenvalue weighted by Gasteiger charge is 2.12. The summed E-state index contributed by atoms with van der Waals surface area (Å²) < 4.78 is 5.95. The molecule has 4 nitrogen and oxygen atoms in total. The Hall–Kier alpha value is -2.14. The molecule has 0 bridgehead atoms. The topological polar surface area (TPSA) is 55.4 Å². The van der Waals surface area contributed by atoms with Crippen LogP contribution in [0.3, 0.4) is 0 Å². The third-order valence-electron chi connectivity index (χ3n) is 2.86. The van der Waals surface area contributed by atoms with E-state index in [1.807, 2.05) is 12.1 Å². The molecule has 0 saturated heterocycles. The SMILES string of the molecule is COc1ccc(C(=O)CC(=O)Nc2ccc(Br)cc2)cc1. The summed E-state index contributed by atoms with van der Waals surface area (Å²) in [6, 6.07) is 13.9. The lowest BCUT2D eigenvalue weighted by Crippen LogP contribution is -2.16. The van der Waals surface area contributed by atoms with Gasteiger partial charge < -0.3 is 10.1 Å². The fourth-order valence-corrected chi connectivity index (χ4v) is 2.03. The van der Waals surface area contributed by atoms with E-state index in [-0.39, 0.29) is 18.1 Å². The van der Waals surface area contributed by atoms with Crippen molar-refractivity contribution < 1.29 is 14.3 Å². The molecule has 0 aliphatic rings. The van der Waals surface area contributed by atoms with Crippen LogP contribution in [0.25, 0.3) is 0 Å². The number of hydrogen-bond acceptors (Lipinski definition) is 3. The summed E-state index contributed by atoms with van der Waals surface area (Å²) in [4.78, 5) is 23.8. The molecule has 0 fully saturated rings. The number of methoxy groups -OCH3 is 1. The van der Waals surface area contributed by atoms with Crippen LogP contribution >= 0.6 is 15.9 Å². The van der Waals surface area contributed by atoms with Crippen molar-refractivity contribution in [2.24, 2.45) is 0 Å². The first-order chi connectivity index (χ1) is 10.1. The molecule has 1 N–H and O–H groups in total. The molecule has 0 aliphatic heterocycles. The van der Waals surface area contributed by atoms with Crippen LogP contribution in [0, 0.1) is 0 Å². The summed E-state index contributed by atoms with van der Waals surface area (Å²) in [5, 5.41) is 2.69. The van der Waals surface area contributed by atoms with E-state index in [0.29, 0.717) is 17.0 Å².